The number of oxime groups is 1. The predicted octanol–water partition coefficient (Wildman–Crippen LogP) is 0.00510. The average Bonchev–Trinajstić information content (AvgIpc) is 2.83. The summed E-state index contributed by atoms with van der Waals surface area (Å²) < 4.78 is 6.49. The van der Waals surface area contributed by atoms with Crippen molar-refractivity contribution in [3.05, 3.63) is 34.3 Å². The van der Waals surface area contributed by atoms with Gasteiger partial charge in [0, 0.05) is 24.9 Å². The van der Waals surface area contributed by atoms with Gasteiger partial charge in [0.05, 0.1) is 4.92 Å². The van der Waals surface area contributed by atoms with Gasteiger partial charge in [-0.2, -0.15) is 4.98 Å². The summed E-state index contributed by atoms with van der Waals surface area (Å²) in [4.78, 5) is 17.8. The van der Waals surface area contributed by atoms with Gasteiger partial charge in [-0.3, -0.25) is 14.8 Å². The van der Waals surface area contributed by atoms with Crippen LogP contribution >= 0.6 is 0 Å². The zero-order valence-electron chi connectivity index (χ0n) is 10.2. The van der Waals surface area contributed by atoms with Crippen molar-refractivity contribution in [2.75, 3.05) is 0 Å². The normalized spacial score (nSPS) is 11.3. The highest BCUT2D eigenvalue weighted by Crippen LogP contribution is 2.27. The summed E-state index contributed by atoms with van der Waals surface area (Å²) in [6.07, 6.45) is 2.53. The second-order valence-electron chi connectivity index (χ2n) is 3.59. The van der Waals surface area contributed by atoms with Crippen molar-refractivity contribution >= 4 is 11.5 Å². The molecular formula is C9H9N7O4. The molecule has 0 saturated carbocycles. The quantitative estimate of drug-likeness (QED) is 0.260. The van der Waals surface area contributed by atoms with Crippen LogP contribution in [-0.2, 0) is 7.05 Å². The van der Waals surface area contributed by atoms with Gasteiger partial charge < -0.3 is 15.7 Å². The molecule has 2 rings (SSSR count). The summed E-state index contributed by atoms with van der Waals surface area (Å²) in [5, 5.41) is 26.1. The number of rotatable bonds is 4. The smallest absolute Gasteiger partial charge is 0.342 e. The minimum atomic E-state index is -0.709. The van der Waals surface area contributed by atoms with Gasteiger partial charge in [-0.1, -0.05) is 5.16 Å². The second kappa shape index (κ2) is 5.17. The lowest BCUT2D eigenvalue weighted by molar-refractivity contribution is -0.386. The van der Waals surface area contributed by atoms with Crippen LogP contribution in [0.2, 0.25) is 0 Å². The first-order valence-corrected chi connectivity index (χ1v) is 5.17. The van der Waals surface area contributed by atoms with E-state index in [1.807, 2.05) is 0 Å². The van der Waals surface area contributed by atoms with E-state index in [1.165, 1.54) is 17.2 Å². The molecule has 2 aromatic rings. The van der Waals surface area contributed by atoms with Crippen LogP contribution in [0.25, 0.3) is 0 Å². The number of aromatic nitrogens is 4. The maximum Gasteiger partial charge on any atom is 0.342 e. The monoisotopic (exact) mass is 279 g/mol. The third-order valence-corrected chi connectivity index (χ3v) is 2.20. The third-order valence-electron chi connectivity index (χ3n) is 2.20. The molecule has 0 spiro atoms. The minimum absolute atomic E-state index is 0.0837. The molecule has 0 saturated heterocycles. The number of aryl methyl sites for hydroxylation is 1. The molecule has 0 fully saturated rings. The Bertz CT molecular complexity index is 681. The number of pyridine rings is 1. The van der Waals surface area contributed by atoms with Crippen LogP contribution in [0, 0.1) is 10.1 Å². The lowest BCUT2D eigenvalue weighted by atomic mass is 10.2. The molecule has 0 aliphatic carbocycles. The Kier molecular flexibility index (Phi) is 3.41. The van der Waals surface area contributed by atoms with Crippen molar-refractivity contribution in [1.82, 2.24) is 19.7 Å². The molecule has 0 radical (unpaired) electrons. The van der Waals surface area contributed by atoms with Gasteiger partial charge in [0.2, 0.25) is 0 Å². The van der Waals surface area contributed by atoms with E-state index in [2.05, 4.69) is 20.2 Å². The van der Waals surface area contributed by atoms with Crippen molar-refractivity contribution in [2.45, 2.75) is 0 Å². The fraction of sp³-hybridized carbons (Fsp3) is 0.111. The molecule has 20 heavy (non-hydrogen) atoms. The van der Waals surface area contributed by atoms with Crippen molar-refractivity contribution in [1.29, 1.82) is 0 Å². The van der Waals surface area contributed by atoms with Crippen LogP contribution in [0.15, 0.2) is 23.7 Å². The number of nitro groups is 1. The Morgan fingerprint density at radius 3 is 2.90 bits per heavy atom. The van der Waals surface area contributed by atoms with E-state index >= 15 is 0 Å². The van der Waals surface area contributed by atoms with Crippen LogP contribution in [0.1, 0.15) is 5.56 Å². The third kappa shape index (κ3) is 2.60. The molecule has 0 bridgehead atoms. The molecule has 0 atom stereocenters. The van der Waals surface area contributed by atoms with Gasteiger partial charge in [0.25, 0.3) is 0 Å². The number of hydrogen-bond acceptors (Lipinski definition) is 8. The summed E-state index contributed by atoms with van der Waals surface area (Å²) in [6.45, 7) is 0. The summed E-state index contributed by atoms with van der Waals surface area (Å²) in [7, 11) is 1.61. The maximum absolute atomic E-state index is 11.0. The average molecular weight is 279 g/mol. The standard InChI is InChI=1S/C9H9N7O4/c1-15-4-12-9(13-15)20-8-6(16(18)19)2-5(3-11-8)7(10)14-17/h2-4,17H,1H3,(H2,10,14). The van der Waals surface area contributed by atoms with E-state index in [0.29, 0.717) is 0 Å². The number of ether oxygens (including phenoxy) is 1. The van der Waals surface area contributed by atoms with Crippen molar-refractivity contribution in [3.8, 4) is 11.9 Å². The molecule has 3 N–H and O–H groups in total. The molecule has 0 unspecified atom stereocenters. The highest BCUT2D eigenvalue weighted by Gasteiger charge is 2.21. The van der Waals surface area contributed by atoms with Gasteiger partial charge in [-0.05, 0) is 0 Å². The topological polar surface area (TPSA) is 155 Å². The summed E-state index contributed by atoms with van der Waals surface area (Å²) in [5.41, 5.74) is 4.96. The van der Waals surface area contributed by atoms with E-state index in [1.54, 1.807) is 7.05 Å². The molecular weight excluding hydrogens is 270 g/mol. The number of nitrogens with zero attached hydrogens (tertiary/aromatic N) is 6. The van der Waals surface area contributed by atoms with Crippen LogP contribution < -0.4 is 10.5 Å². The molecule has 0 aliphatic rings. The van der Waals surface area contributed by atoms with Gasteiger partial charge >= 0.3 is 17.6 Å². The van der Waals surface area contributed by atoms with Gasteiger partial charge in [-0.25, -0.2) is 4.98 Å². The molecule has 2 aromatic heterocycles. The molecule has 104 valence electrons. The fourth-order valence-electron chi connectivity index (χ4n) is 1.30. The first-order valence-electron chi connectivity index (χ1n) is 5.17. The molecule has 0 aromatic carbocycles. The number of amidine groups is 1. The predicted molar refractivity (Wildman–Crippen MR) is 64.5 cm³/mol. The minimum Gasteiger partial charge on any atom is -0.409 e. The SMILES string of the molecule is Cn1cnc(Oc2ncc(C(N)=NO)cc2[N+](=O)[O-])n1. The van der Waals surface area contributed by atoms with Gasteiger partial charge in [0.1, 0.15) is 6.33 Å². The number of nitrogens with two attached hydrogens (primary N) is 1. The van der Waals surface area contributed by atoms with Crippen molar-refractivity contribution in [3.63, 3.8) is 0 Å². The van der Waals surface area contributed by atoms with E-state index < -0.39 is 10.6 Å². The Morgan fingerprint density at radius 2 is 2.35 bits per heavy atom. The molecule has 2 heterocycles. The zero-order valence-corrected chi connectivity index (χ0v) is 10.2. The van der Waals surface area contributed by atoms with E-state index in [-0.39, 0.29) is 23.3 Å². The maximum atomic E-state index is 11.0. The summed E-state index contributed by atoms with van der Waals surface area (Å²) in [5.74, 6) is -0.598. The summed E-state index contributed by atoms with van der Waals surface area (Å²) >= 11 is 0. The molecule has 11 heteroatoms. The van der Waals surface area contributed by atoms with Gasteiger partial charge in [0.15, 0.2) is 5.84 Å². The molecule has 0 amide bonds. The second-order valence-corrected chi connectivity index (χ2v) is 3.59. The van der Waals surface area contributed by atoms with Crippen LogP contribution in [0.4, 0.5) is 5.69 Å². The lowest BCUT2D eigenvalue weighted by Gasteiger charge is -2.03. The Morgan fingerprint density at radius 1 is 1.60 bits per heavy atom. The van der Waals surface area contributed by atoms with Crippen molar-refractivity contribution < 1.29 is 14.9 Å². The van der Waals surface area contributed by atoms with E-state index in [9.17, 15) is 10.1 Å². The van der Waals surface area contributed by atoms with Crippen molar-refractivity contribution in [2.24, 2.45) is 17.9 Å². The largest absolute Gasteiger partial charge is 0.409 e. The fourth-order valence-corrected chi connectivity index (χ4v) is 1.30. The van der Waals surface area contributed by atoms with Crippen LogP contribution in [-0.4, -0.2) is 35.7 Å². The first-order chi connectivity index (χ1) is 9.51. The highest BCUT2D eigenvalue weighted by atomic mass is 16.6. The zero-order chi connectivity index (χ0) is 14.7. The van der Waals surface area contributed by atoms with Crippen LogP contribution in [0.5, 0.6) is 11.9 Å². The Balaban J connectivity index is 2.40. The highest BCUT2D eigenvalue weighted by molar-refractivity contribution is 5.97. The van der Waals surface area contributed by atoms with E-state index in [0.717, 1.165) is 6.07 Å². The Labute approximate surface area is 111 Å². The van der Waals surface area contributed by atoms with Gasteiger partial charge in [-0.15, -0.1) is 5.10 Å². The first kappa shape index (κ1) is 13.2. The molecule has 11 nitrogen and oxygen atoms in total. The molecule has 0 aliphatic heterocycles. The summed E-state index contributed by atoms with van der Waals surface area (Å²) in [6, 6.07) is 0.986. The van der Waals surface area contributed by atoms with Crippen LogP contribution in [0.3, 0.4) is 0 Å². The van der Waals surface area contributed by atoms with E-state index in [4.69, 9.17) is 15.7 Å². The lowest BCUT2D eigenvalue weighted by Crippen LogP contribution is -2.14. The Hall–Kier alpha value is -3.24. The number of hydrogen-bond donors (Lipinski definition) is 2.